The van der Waals surface area contributed by atoms with Crippen molar-refractivity contribution in [3.8, 4) is 0 Å². The molecule has 0 aromatic heterocycles. The fourth-order valence-electron chi connectivity index (χ4n) is 2.22. The predicted octanol–water partition coefficient (Wildman–Crippen LogP) is 2.30. The molecular formula is C11H7ClF5NO3S. The van der Waals surface area contributed by atoms with Gasteiger partial charge in [0.2, 0.25) is 20.8 Å². The van der Waals surface area contributed by atoms with E-state index in [1.165, 1.54) is 0 Å². The van der Waals surface area contributed by atoms with Crippen molar-refractivity contribution < 1.29 is 35.2 Å². The predicted molar refractivity (Wildman–Crippen MR) is 66.3 cm³/mol. The number of nitrogens with zero attached hydrogens (tertiary/aromatic N) is 1. The fourth-order valence-corrected chi connectivity index (χ4v) is 3.54. The van der Waals surface area contributed by atoms with Gasteiger partial charge in [0.25, 0.3) is 0 Å². The third kappa shape index (κ3) is 3.02. The summed E-state index contributed by atoms with van der Waals surface area (Å²) in [5.74, 6) is -13.6. The summed E-state index contributed by atoms with van der Waals surface area (Å²) in [6.45, 7) is -0.525. The van der Waals surface area contributed by atoms with Gasteiger partial charge in [-0.05, 0) is 0 Å². The first kappa shape index (κ1) is 16.9. The van der Waals surface area contributed by atoms with Gasteiger partial charge in [0.15, 0.2) is 23.3 Å². The summed E-state index contributed by atoms with van der Waals surface area (Å²) >= 11 is 0. The third-order valence-corrected chi connectivity index (χ3v) is 4.34. The summed E-state index contributed by atoms with van der Waals surface area (Å²) in [6.07, 6.45) is -0.439. The molecule has 1 amide bonds. The van der Waals surface area contributed by atoms with Gasteiger partial charge in [-0.3, -0.25) is 4.79 Å². The highest BCUT2D eigenvalue weighted by Gasteiger charge is 2.38. The fraction of sp³-hybridized carbons (Fsp3) is 0.364. The maximum Gasteiger partial charge on any atom is 0.232 e. The second-order valence-electron chi connectivity index (χ2n) is 4.70. The van der Waals surface area contributed by atoms with Crippen LogP contribution in [0.1, 0.15) is 6.42 Å². The number of carbonyl (C=O) groups excluding carboxylic acids is 1. The van der Waals surface area contributed by atoms with E-state index in [9.17, 15) is 35.2 Å². The molecule has 1 aromatic carbocycles. The zero-order valence-corrected chi connectivity index (χ0v) is 12.1. The minimum absolute atomic E-state index is 0.336. The van der Waals surface area contributed by atoms with Crippen molar-refractivity contribution in [2.75, 3.05) is 17.2 Å². The monoisotopic (exact) mass is 363 g/mol. The lowest BCUT2D eigenvalue weighted by atomic mass is 10.1. The van der Waals surface area contributed by atoms with Crippen LogP contribution in [0.15, 0.2) is 0 Å². The molecule has 11 heteroatoms. The van der Waals surface area contributed by atoms with E-state index in [0.29, 0.717) is 4.90 Å². The Hall–Kier alpha value is -1.42. The summed E-state index contributed by atoms with van der Waals surface area (Å²) < 4.78 is 88.4. The van der Waals surface area contributed by atoms with Gasteiger partial charge in [-0.1, -0.05) is 0 Å². The summed E-state index contributed by atoms with van der Waals surface area (Å²) in [4.78, 5) is 12.0. The van der Waals surface area contributed by atoms with Crippen molar-refractivity contribution in [1.29, 1.82) is 0 Å². The van der Waals surface area contributed by atoms with Crippen LogP contribution in [0.2, 0.25) is 0 Å². The van der Waals surface area contributed by atoms with E-state index in [1.807, 2.05) is 0 Å². The second kappa shape index (κ2) is 5.65. The standard InChI is InChI=1S/C11H7ClF5NO3S/c12-22(20,21)3-4-1-5(19)18(2-4)11-9(16)7(14)6(13)8(15)10(11)17/h4H,1-3H2. The molecule has 1 fully saturated rings. The molecule has 2 rings (SSSR count). The number of rotatable bonds is 3. The van der Waals surface area contributed by atoms with Gasteiger partial charge in [0.1, 0.15) is 5.69 Å². The van der Waals surface area contributed by atoms with Crippen LogP contribution in [0.3, 0.4) is 0 Å². The van der Waals surface area contributed by atoms with E-state index in [1.54, 1.807) is 0 Å². The van der Waals surface area contributed by atoms with Gasteiger partial charge in [-0.25, -0.2) is 30.4 Å². The van der Waals surface area contributed by atoms with Crippen molar-refractivity contribution in [1.82, 2.24) is 0 Å². The summed E-state index contributed by atoms with van der Waals surface area (Å²) in [5, 5.41) is 0. The molecule has 1 aromatic rings. The number of hydrogen-bond acceptors (Lipinski definition) is 3. The van der Waals surface area contributed by atoms with E-state index in [2.05, 4.69) is 0 Å². The maximum atomic E-state index is 13.6. The minimum Gasteiger partial charge on any atom is -0.307 e. The van der Waals surface area contributed by atoms with E-state index in [0.717, 1.165) is 0 Å². The molecule has 1 atom stereocenters. The second-order valence-corrected chi connectivity index (χ2v) is 7.52. The molecule has 1 saturated heterocycles. The SMILES string of the molecule is O=C1CC(CS(=O)(=O)Cl)CN1c1c(F)c(F)c(F)c(F)c1F. The molecule has 0 N–H and O–H groups in total. The first-order valence-corrected chi connectivity index (χ1v) is 8.25. The van der Waals surface area contributed by atoms with Gasteiger partial charge >= 0.3 is 0 Å². The van der Waals surface area contributed by atoms with E-state index in [-0.39, 0.29) is 0 Å². The number of amides is 1. The first-order chi connectivity index (χ1) is 10.0. The van der Waals surface area contributed by atoms with Crippen LogP contribution < -0.4 is 4.90 Å². The van der Waals surface area contributed by atoms with Crippen LogP contribution in [0, 0.1) is 35.0 Å². The molecule has 4 nitrogen and oxygen atoms in total. The van der Waals surface area contributed by atoms with E-state index < -0.39 is 74.4 Å². The molecule has 0 aliphatic carbocycles. The quantitative estimate of drug-likeness (QED) is 0.358. The Morgan fingerprint density at radius 3 is 1.91 bits per heavy atom. The van der Waals surface area contributed by atoms with Gasteiger partial charge in [0, 0.05) is 29.6 Å². The smallest absolute Gasteiger partial charge is 0.232 e. The van der Waals surface area contributed by atoms with Gasteiger partial charge in [0.05, 0.1) is 5.75 Å². The molecule has 0 saturated carbocycles. The Morgan fingerprint density at radius 1 is 1.00 bits per heavy atom. The van der Waals surface area contributed by atoms with E-state index in [4.69, 9.17) is 10.7 Å². The largest absolute Gasteiger partial charge is 0.307 e. The molecular weight excluding hydrogens is 357 g/mol. The molecule has 1 aliphatic rings. The number of benzene rings is 1. The van der Waals surface area contributed by atoms with Crippen LogP contribution in [-0.2, 0) is 13.8 Å². The highest BCUT2D eigenvalue weighted by molar-refractivity contribution is 8.13. The van der Waals surface area contributed by atoms with Gasteiger partial charge < -0.3 is 4.90 Å². The molecule has 0 spiro atoms. The lowest BCUT2D eigenvalue weighted by molar-refractivity contribution is -0.117. The van der Waals surface area contributed by atoms with Crippen LogP contribution in [-0.4, -0.2) is 26.6 Å². The number of hydrogen-bond donors (Lipinski definition) is 0. The Balaban J connectivity index is 2.43. The van der Waals surface area contributed by atoms with Crippen molar-refractivity contribution in [3.63, 3.8) is 0 Å². The molecule has 1 aliphatic heterocycles. The lowest BCUT2D eigenvalue weighted by Crippen LogP contribution is -2.28. The number of carbonyl (C=O) groups is 1. The number of halogens is 6. The molecule has 0 bridgehead atoms. The van der Waals surface area contributed by atoms with Crippen LogP contribution in [0.25, 0.3) is 0 Å². The Kier molecular flexibility index (Phi) is 4.35. The molecule has 122 valence electrons. The van der Waals surface area contributed by atoms with E-state index >= 15 is 0 Å². The van der Waals surface area contributed by atoms with Crippen molar-refractivity contribution in [2.24, 2.45) is 5.92 Å². The summed E-state index contributed by atoms with van der Waals surface area (Å²) in [5.41, 5.74) is -1.39. The Morgan fingerprint density at radius 2 is 1.45 bits per heavy atom. The van der Waals surface area contributed by atoms with Gasteiger partial charge in [-0.15, -0.1) is 0 Å². The summed E-state index contributed by atoms with van der Waals surface area (Å²) in [7, 11) is 1.03. The van der Waals surface area contributed by atoms with Crippen molar-refractivity contribution in [3.05, 3.63) is 29.1 Å². The normalized spacial score (nSPS) is 19.1. The average Bonchev–Trinajstić information content (AvgIpc) is 2.73. The Bertz CT molecular complexity index is 726. The average molecular weight is 364 g/mol. The highest BCUT2D eigenvalue weighted by atomic mass is 35.7. The minimum atomic E-state index is -3.98. The van der Waals surface area contributed by atoms with Crippen molar-refractivity contribution >= 4 is 31.3 Å². The lowest BCUT2D eigenvalue weighted by Gasteiger charge is -2.19. The van der Waals surface area contributed by atoms with Gasteiger partial charge in [-0.2, -0.15) is 0 Å². The first-order valence-electron chi connectivity index (χ1n) is 5.77. The van der Waals surface area contributed by atoms with Crippen LogP contribution >= 0.6 is 10.7 Å². The highest BCUT2D eigenvalue weighted by Crippen LogP contribution is 2.34. The van der Waals surface area contributed by atoms with Crippen LogP contribution in [0.4, 0.5) is 27.6 Å². The number of anilines is 1. The topological polar surface area (TPSA) is 54.5 Å². The van der Waals surface area contributed by atoms with Crippen molar-refractivity contribution in [2.45, 2.75) is 6.42 Å². The molecule has 1 heterocycles. The molecule has 0 radical (unpaired) electrons. The summed E-state index contributed by atoms with van der Waals surface area (Å²) in [6, 6.07) is 0. The zero-order valence-electron chi connectivity index (χ0n) is 10.5. The zero-order chi connectivity index (χ0) is 16.8. The molecule has 22 heavy (non-hydrogen) atoms. The maximum absolute atomic E-state index is 13.6. The third-order valence-electron chi connectivity index (χ3n) is 3.10. The molecule has 1 unspecified atom stereocenters. The van der Waals surface area contributed by atoms with Crippen LogP contribution in [0.5, 0.6) is 0 Å². The Labute approximate surface area is 125 Å².